The number of rotatable bonds is 7. The van der Waals surface area contributed by atoms with Gasteiger partial charge in [-0.3, -0.25) is 28.8 Å². The lowest BCUT2D eigenvalue weighted by atomic mass is 10.0. The molecule has 0 aliphatic carbocycles. The molecule has 0 saturated carbocycles. The molecule has 61 heavy (non-hydrogen) atoms. The van der Waals surface area contributed by atoms with Gasteiger partial charge in [0.25, 0.3) is 0 Å². The molecule has 2 aromatic carbocycles. The highest BCUT2D eigenvalue weighted by Gasteiger charge is 2.49. The Morgan fingerprint density at radius 2 is 1.59 bits per heavy atom. The third-order valence-electron chi connectivity index (χ3n) is 11.8. The van der Waals surface area contributed by atoms with Crippen LogP contribution >= 0.6 is 0 Å². The van der Waals surface area contributed by atoms with Gasteiger partial charge in [0.2, 0.25) is 35.4 Å². The zero-order valence-corrected chi connectivity index (χ0v) is 34.8. The summed E-state index contributed by atoms with van der Waals surface area (Å²) in [4.78, 5) is 103. The number of aryl methyl sites for hydroxylation is 1. The Bertz CT molecular complexity index is 2050. The monoisotopic (exact) mass is 846 g/mol. The lowest BCUT2D eigenvalue weighted by Crippen LogP contribution is -2.64. The average Bonchev–Trinajstić information content (AvgIpc) is 3.83. The largest absolute Gasteiger partial charge is 0.486 e. The van der Waals surface area contributed by atoms with Crippen LogP contribution in [0.15, 0.2) is 42.5 Å². The van der Waals surface area contributed by atoms with Gasteiger partial charge in [0.1, 0.15) is 55.6 Å². The van der Waals surface area contributed by atoms with Gasteiger partial charge in [-0.25, -0.2) is 4.79 Å². The topological polar surface area (TPSA) is 222 Å². The third-order valence-corrected chi connectivity index (χ3v) is 11.8. The molecule has 328 valence electrons. The Morgan fingerprint density at radius 1 is 0.836 bits per heavy atom. The van der Waals surface area contributed by atoms with Gasteiger partial charge >= 0.3 is 5.97 Å². The highest BCUT2D eigenvalue weighted by atomic mass is 16.6. The van der Waals surface area contributed by atoms with Crippen molar-refractivity contribution in [1.82, 2.24) is 30.7 Å². The number of cyclic esters (lactones) is 1. The van der Waals surface area contributed by atoms with E-state index in [1.54, 1.807) is 24.3 Å². The van der Waals surface area contributed by atoms with Crippen molar-refractivity contribution in [1.29, 1.82) is 0 Å². The summed E-state index contributed by atoms with van der Waals surface area (Å²) < 4.78 is 22.8. The van der Waals surface area contributed by atoms with Crippen molar-refractivity contribution in [3.05, 3.63) is 59.2 Å². The summed E-state index contributed by atoms with van der Waals surface area (Å²) in [5, 5.41) is 19.2. The minimum Gasteiger partial charge on any atom is -0.486 e. The minimum atomic E-state index is -1.62. The van der Waals surface area contributed by atoms with E-state index in [0.717, 1.165) is 16.0 Å². The van der Waals surface area contributed by atoms with Gasteiger partial charge in [-0.05, 0) is 56.4 Å². The predicted molar refractivity (Wildman–Crippen MR) is 215 cm³/mol. The van der Waals surface area contributed by atoms with Crippen LogP contribution in [0.3, 0.4) is 0 Å². The molecule has 0 spiro atoms. The molecule has 18 heteroatoms. The van der Waals surface area contributed by atoms with Crippen LogP contribution in [0.4, 0.5) is 0 Å². The highest BCUT2D eigenvalue weighted by Crippen LogP contribution is 2.31. The first-order chi connectivity index (χ1) is 29.2. The second kappa shape index (κ2) is 18.5. The van der Waals surface area contributed by atoms with Crippen LogP contribution < -0.4 is 25.4 Å². The van der Waals surface area contributed by atoms with Crippen LogP contribution in [-0.4, -0.2) is 156 Å². The fourth-order valence-corrected chi connectivity index (χ4v) is 8.76. The van der Waals surface area contributed by atoms with Gasteiger partial charge in [0.05, 0.1) is 25.7 Å². The van der Waals surface area contributed by atoms with Crippen LogP contribution in [0.2, 0.25) is 0 Å². The zero-order valence-electron chi connectivity index (χ0n) is 34.8. The van der Waals surface area contributed by atoms with Crippen LogP contribution in [0.5, 0.6) is 11.5 Å². The second-order valence-electron chi connectivity index (χ2n) is 16.7. The van der Waals surface area contributed by atoms with E-state index in [1.807, 2.05) is 32.0 Å². The van der Waals surface area contributed by atoms with Gasteiger partial charge < -0.3 is 54.7 Å². The first-order valence-corrected chi connectivity index (χ1v) is 20.9. The van der Waals surface area contributed by atoms with Crippen LogP contribution in [0.1, 0.15) is 50.3 Å². The second-order valence-corrected chi connectivity index (χ2v) is 16.7. The highest BCUT2D eigenvalue weighted by molar-refractivity contribution is 5.98. The van der Waals surface area contributed by atoms with Crippen molar-refractivity contribution in [3.63, 3.8) is 0 Å². The van der Waals surface area contributed by atoms with Crippen molar-refractivity contribution in [2.45, 2.75) is 102 Å². The number of esters is 1. The molecule has 4 N–H and O–H groups in total. The summed E-state index contributed by atoms with van der Waals surface area (Å²) in [6.07, 6.45) is -2.51. The number of nitrogens with zero attached hydrogens (tertiary/aromatic N) is 3. The number of benzene rings is 2. The van der Waals surface area contributed by atoms with E-state index in [0.29, 0.717) is 30.3 Å². The lowest BCUT2D eigenvalue weighted by molar-refractivity contribution is -0.164. The molecule has 0 radical (unpaired) electrons. The number of carbonyl (C=O) groups is 7. The molecule has 5 aliphatic rings. The van der Waals surface area contributed by atoms with E-state index >= 15 is 0 Å². The number of morpholine rings is 1. The Hall–Kier alpha value is -5.75. The van der Waals surface area contributed by atoms with Gasteiger partial charge in [-0.2, -0.15) is 0 Å². The fraction of sp³-hybridized carbons (Fsp3) is 0.558. The molecular formula is C43H54N6O12. The number of carbonyl (C=O) groups excluding carboxylic acids is 7. The molecule has 18 nitrogen and oxygen atoms in total. The summed E-state index contributed by atoms with van der Waals surface area (Å²) in [6, 6.07) is 5.12. The number of nitrogens with one attached hydrogen (secondary N) is 3. The summed E-state index contributed by atoms with van der Waals surface area (Å²) in [6.45, 7) is 7.29. The molecule has 4 saturated heterocycles. The minimum absolute atomic E-state index is 0.000361. The van der Waals surface area contributed by atoms with Gasteiger partial charge in [-0.1, -0.05) is 42.8 Å². The average molecular weight is 847 g/mol. The molecule has 0 bridgehead atoms. The summed E-state index contributed by atoms with van der Waals surface area (Å²) >= 11 is 0. The first-order valence-electron chi connectivity index (χ1n) is 20.9. The quantitative estimate of drug-likeness (QED) is 0.257. The summed E-state index contributed by atoms with van der Waals surface area (Å²) in [7, 11) is 0. The molecule has 9 atom stereocenters. The Kier molecular flexibility index (Phi) is 13.1. The number of aliphatic hydroxyl groups excluding tert-OH is 1. The van der Waals surface area contributed by atoms with Gasteiger partial charge in [0, 0.05) is 32.5 Å². The van der Waals surface area contributed by atoms with E-state index in [9.17, 15) is 38.7 Å². The summed E-state index contributed by atoms with van der Waals surface area (Å²) in [5.74, 6) is -3.81. The SMILES string of the molecule is Cc1cccc(C[C@H](NC(=O)Cc2ccc3c(c2)OCCO3)C(=O)N[C@@H]2C(=O)N3C[C@H](O)C[C@H]3C(=O)N3CCOC[C@H]3C(=O)N[C@@H](C)C(=O)N3C[C@H](C)C[C@H]3C(=O)O[C@H]2C)c1. The van der Waals surface area contributed by atoms with E-state index in [-0.39, 0.29) is 64.4 Å². The molecular weight excluding hydrogens is 793 g/mol. The van der Waals surface area contributed by atoms with E-state index < -0.39 is 89.9 Å². The van der Waals surface area contributed by atoms with Crippen molar-refractivity contribution in [2.24, 2.45) is 5.92 Å². The van der Waals surface area contributed by atoms with Crippen molar-refractivity contribution < 1.29 is 57.6 Å². The molecule has 6 amide bonds. The molecule has 0 aromatic heterocycles. The molecule has 0 unspecified atom stereocenters. The molecule has 5 heterocycles. The molecule has 5 aliphatic heterocycles. The fourth-order valence-electron chi connectivity index (χ4n) is 8.76. The van der Waals surface area contributed by atoms with Crippen molar-refractivity contribution >= 4 is 41.4 Å². The first kappa shape index (κ1) is 43.3. The van der Waals surface area contributed by atoms with Crippen molar-refractivity contribution in [3.8, 4) is 11.5 Å². The number of fused-ring (bicyclic) bond motifs is 4. The molecule has 4 fully saturated rings. The normalized spacial score (nSPS) is 28.9. The van der Waals surface area contributed by atoms with Crippen LogP contribution in [0, 0.1) is 12.8 Å². The maximum Gasteiger partial charge on any atom is 0.329 e. The number of hydrogen-bond acceptors (Lipinski definition) is 12. The van der Waals surface area contributed by atoms with Crippen molar-refractivity contribution in [2.75, 3.05) is 46.1 Å². The molecule has 7 rings (SSSR count). The zero-order chi connectivity index (χ0) is 43.5. The van der Waals surface area contributed by atoms with Crippen LogP contribution in [-0.2, 0) is 55.9 Å². The number of amides is 6. The maximum atomic E-state index is 14.8. The number of hydrogen-bond donors (Lipinski definition) is 4. The van der Waals surface area contributed by atoms with Gasteiger partial charge in [-0.15, -0.1) is 0 Å². The van der Waals surface area contributed by atoms with E-state index in [1.165, 1.54) is 23.6 Å². The Balaban J connectivity index is 1.20. The number of aliphatic hydroxyl groups is 1. The molecule has 2 aromatic rings. The van der Waals surface area contributed by atoms with Gasteiger partial charge in [0.15, 0.2) is 11.5 Å². The maximum absolute atomic E-state index is 14.8. The summed E-state index contributed by atoms with van der Waals surface area (Å²) in [5.41, 5.74) is 2.24. The predicted octanol–water partition coefficient (Wildman–Crippen LogP) is -0.603. The van der Waals surface area contributed by atoms with Crippen LogP contribution in [0.25, 0.3) is 0 Å². The van der Waals surface area contributed by atoms with E-state index in [4.69, 9.17) is 18.9 Å². The Labute approximate surface area is 353 Å². The number of ether oxygens (including phenoxy) is 4. The van der Waals surface area contributed by atoms with E-state index in [2.05, 4.69) is 16.0 Å². The third kappa shape index (κ3) is 9.75. The smallest absolute Gasteiger partial charge is 0.329 e. The lowest BCUT2D eigenvalue weighted by Gasteiger charge is -2.39. The Morgan fingerprint density at radius 3 is 2.36 bits per heavy atom. The standard InChI is InChI=1S/C43H54N6O12/c1-23-6-5-7-27(14-23)16-30(45-36(51)18-28-8-9-34-35(17-28)60-13-12-59-34)38(52)46-37-26(4)61-43(57)32-15-24(2)20-48(32)40(54)25(3)44-39(53)33-22-58-11-10-47(33)41(55)31-19-29(50)21-49(31)42(37)56/h5-9,14,17,24-26,29-33,37,50H,10-13,15-16,18-22H2,1-4H3,(H,44,53)(H,45,51)(H,46,52)/t24-,25+,26+,29-,30+,31+,32+,33+,37+/m1/s1.